The second kappa shape index (κ2) is 4.08. The van der Waals surface area contributed by atoms with Crippen molar-refractivity contribution in [3.05, 3.63) is 34.1 Å². The molecule has 0 amide bonds. The van der Waals surface area contributed by atoms with Crippen LogP contribution < -0.4 is 5.32 Å². The standard InChI is InChI=1S/C11H13FN2O2/c1-7-5-8(6-7)13-11-9(12)3-2-4-10(11)14(15)16/h2-4,7-8,13H,5-6H2,1H3. The average molecular weight is 224 g/mol. The fourth-order valence-electron chi connectivity index (χ4n) is 2.03. The molecule has 0 atom stereocenters. The summed E-state index contributed by atoms with van der Waals surface area (Å²) >= 11 is 0. The molecule has 0 heterocycles. The number of nitro benzene ring substituents is 1. The summed E-state index contributed by atoms with van der Waals surface area (Å²) in [6.45, 7) is 2.11. The Hall–Kier alpha value is -1.65. The highest BCUT2D eigenvalue weighted by atomic mass is 19.1. The highest BCUT2D eigenvalue weighted by Gasteiger charge is 2.28. The summed E-state index contributed by atoms with van der Waals surface area (Å²) in [6.07, 6.45) is 1.87. The molecule has 0 spiro atoms. The number of halogens is 1. The third-order valence-electron chi connectivity index (χ3n) is 2.91. The Labute approximate surface area is 92.6 Å². The lowest BCUT2D eigenvalue weighted by molar-refractivity contribution is -0.384. The van der Waals surface area contributed by atoms with Gasteiger partial charge in [0.2, 0.25) is 0 Å². The number of benzene rings is 1. The van der Waals surface area contributed by atoms with Gasteiger partial charge in [0.25, 0.3) is 5.69 Å². The minimum absolute atomic E-state index is 0.0180. The van der Waals surface area contributed by atoms with Crippen LogP contribution >= 0.6 is 0 Å². The largest absolute Gasteiger partial charge is 0.374 e. The number of hydrogen-bond donors (Lipinski definition) is 1. The van der Waals surface area contributed by atoms with E-state index in [1.54, 1.807) is 0 Å². The van der Waals surface area contributed by atoms with Gasteiger partial charge in [0.15, 0.2) is 5.82 Å². The molecule has 0 bridgehead atoms. The number of nitrogens with one attached hydrogen (secondary N) is 1. The molecule has 1 aliphatic carbocycles. The van der Waals surface area contributed by atoms with E-state index < -0.39 is 10.7 Å². The molecule has 0 unspecified atom stereocenters. The zero-order chi connectivity index (χ0) is 11.7. The molecule has 16 heavy (non-hydrogen) atoms. The molecule has 0 saturated heterocycles. The van der Waals surface area contributed by atoms with Gasteiger partial charge in [-0.15, -0.1) is 0 Å². The van der Waals surface area contributed by atoms with E-state index in [2.05, 4.69) is 12.2 Å². The number of nitrogens with zero attached hydrogens (tertiary/aromatic N) is 1. The Morgan fingerprint density at radius 3 is 2.75 bits per heavy atom. The van der Waals surface area contributed by atoms with Gasteiger partial charge in [0, 0.05) is 12.1 Å². The Bertz CT molecular complexity index is 416. The molecule has 1 aliphatic rings. The van der Waals surface area contributed by atoms with Gasteiger partial charge in [-0.25, -0.2) is 4.39 Å². The van der Waals surface area contributed by atoms with E-state index in [1.807, 2.05) is 0 Å². The maximum Gasteiger partial charge on any atom is 0.295 e. The van der Waals surface area contributed by atoms with Crippen LogP contribution in [0.1, 0.15) is 19.8 Å². The van der Waals surface area contributed by atoms with Crippen molar-refractivity contribution < 1.29 is 9.31 Å². The molecule has 0 radical (unpaired) electrons. The van der Waals surface area contributed by atoms with E-state index in [9.17, 15) is 14.5 Å². The van der Waals surface area contributed by atoms with Gasteiger partial charge < -0.3 is 5.32 Å². The van der Waals surface area contributed by atoms with E-state index in [4.69, 9.17) is 0 Å². The van der Waals surface area contributed by atoms with E-state index in [0.717, 1.165) is 12.8 Å². The van der Waals surface area contributed by atoms with Crippen molar-refractivity contribution >= 4 is 11.4 Å². The lowest BCUT2D eigenvalue weighted by atomic mass is 9.82. The van der Waals surface area contributed by atoms with Crippen molar-refractivity contribution in [2.75, 3.05) is 5.32 Å². The third kappa shape index (κ3) is 1.98. The highest BCUT2D eigenvalue weighted by Crippen LogP contribution is 2.34. The Kier molecular flexibility index (Phi) is 2.77. The summed E-state index contributed by atoms with van der Waals surface area (Å²) in [5, 5.41) is 13.6. The SMILES string of the molecule is CC1CC(Nc2c(F)cccc2[N+](=O)[O-])C1. The monoisotopic (exact) mass is 224 g/mol. The summed E-state index contributed by atoms with van der Waals surface area (Å²) in [6, 6.07) is 4.05. The molecule has 2 rings (SSSR count). The summed E-state index contributed by atoms with van der Waals surface area (Å²) in [5.41, 5.74) is -0.177. The zero-order valence-corrected chi connectivity index (χ0v) is 8.94. The van der Waals surface area contributed by atoms with Gasteiger partial charge in [-0.1, -0.05) is 13.0 Å². The first-order valence-electron chi connectivity index (χ1n) is 5.27. The molecule has 1 saturated carbocycles. The molecule has 1 N–H and O–H groups in total. The first-order chi connectivity index (χ1) is 7.58. The number of hydrogen-bond acceptors (Lipinski definition) is 3. The molecule has 4 nitrogen and oxygen atoms in total. The second-order valence-electron chi connectivity index (χ2n) is 4.31. The maximum absolute atomic E-state index is 13.5. The quantitative estimate of drug-likeness (QED) is 0.634. The van der Waals surface area contributed by atoms with Gasteiger partial charge in [-0.2, -0.15) is 0 Å². The molecular formula is C11H13FN2O2. The average Bonchev–Trinajstić information content (AvgIpc) is 2.18. The minimum atomic E-state index is -0.562. The van der Waals surface area contributed by atoms with Gasteiger partial charge in [-0.3, -0.25) is 10.1 Å². The Balaban J connectivity index is 2.21. The van der Waals surface area contributed by atoms with E-state index in [1.165, 1.54) is 18.2 Å². The van der Waals surface area contributed by atoms with Crippen LogP contribution in [0.15, 0.2) is 18.2 Å². The molecule has 86 valence electrons. The van der Waals surface area contributed by atoms with E-state index >= 15 is 0 Å². The van der Waals surface area contributed by atoms with Crippen LogP contribution in [0.25, 0.3) is 0 Å². The molecule has 0 aromatic heterocycles. The van der Waals surface area contributed by atoms with Crippen LogP contribution in [0.3, 0.4) is 0 Å². The lowest BCUT2D eigenvalue weighted by Gasteiger charge is -2.33. The van der Waals surface area contributed by atoms with Crippen LogP contribution in [0.2, 0.25) is 0 Å². The topological polar surface area (TPSA) is 55.2 Å². The van der Waals surface area contributed by atoms with Crippen molar-refractivity contribution in [1.29, 1.82) is 0 Å². The van der Waals surface area contributed by atoms with Crippen LogP contribution in [0.4, 0.5) is 15.8 Å². The van der Waals surface area contributed by atoms with Crippen molar-refractivity contribution in [1.82, 2.24) is 0 Å². The first-order valence-corrected chi connectivity index (χ1v) is 5.27. The predicted molar refractivity (Wildman–Crippen MR) is 58.9 cm³/mol. The molecular weight excluding hydrogens is 211 g/mol. The van der Waals surface area contributed by atoms with Gasteiger partial charge in [0.1, 0.15) is 5.69 Å². The first kappa shape index (κ1) is 10.9. The molecule has 0 aliphatic heterocycles. The van der Waals surface area contributed by atoms with Crippen molar-refractivity contribution in [3.63, 3.8) is 0 Å². The Morgan fingerprint density at radius 1 is 1.50 bits per heavy atom. The maximum atomic E-state index is 13.5. The van der Waals surface area contributed by atoms with Crippen molar-refractivity contribution in [3.8, 4) is 0 Å². The molecule has 1 aromatic carbocycles. The fourth-order valence-corrected chi connectivity index (χ4v) is 2.03. The number of para-hydroxylation sites is 1. The number of rotatable bonds is 3. The summed E-state index contributed by atoms with van der Waals surface area (Å²) in [7, 11) is 0. The van der Waals surface area contributed by atoms with E-state index in [0.29, 0.717) is 5.92 Å². The predicted octanol–water partition coefficient (Wildman–Crippen LogP) is 2.94. The fraction of sp³-hybridized carbons (Fsp3) is 0.455. The van der Waals surface area contributed by atoms with Crippen LogP contribution in [0, 0.1) is 21.8 Å². The minimum Gasteiger partial charge on any atom is -0.374 e. The molecule has 1 aromatic rings. The third-order valence-corrected chi connectivity index (χ3v) is 2.91. The van der Waals surface area contributed by atoms with Crippen molar-refractivity contribution in [2.24, 2.45) is 5.92 Å². The summed E-state index contributed by atoms with van der Waals surface area (Å²) in [5.74, 6) is 0.0529. The lowest BCUT2D eigenvalue weighted by Crippen LogP contribution is -2.34. The van der Waals surface area contributed by atoms with Gasteiger partial charge in [-0.05, 0) is 24.8 Å². The number of nitro groups is 1. The normalized spacial score (nSPS) is 23.6. The van der Waals surface area contributed by atoms with Crippen LogP contribution in [-0.2, 0) is 0 Å². The molecule has 1 fully saturated rings. The number of anilines is 1. The Morgan fingerprint density at radius 2 is 2.19 bits per heavy atom. The van der Waals surface area contributed by atoms with Crippen LogP contribution in [-0.4, -0.2) is 11.0 Å². The summed E-state index contributed by atoms with van der Waals surface area (Å²) in [4.78, 5) is 10.2. The van der Waals surface area contributed by atoms with Crippen LogP contribution in [0.5, 0.6) is 0 Å². The zero-order valence-electron chi connectivity index (χ0n) is 8.94. The highest BCUT2D eigenvalue weighted by molar-refractivity contribution is 5.62. The molecule has 5 heteroatoms. The smallest absolute Gasteiger partial charge is 0.295 e. The second-order valence-corrected chi connectivity index (χ2v) is 4.31. The summed E-state index contributed by atoms with van der Waals surface area (Å²) < 4.78 is 13.5. The van der Waals surface area contributed by atoms with E-state index in [-0.39, 0.29) is 17.4 Å². The van der Waals surface area contributed by atoms with Crippen molar-refractivity contribution in [2.45, 2.75) is 25.8 Å². The van der Waals surface area contributed by atoms with Gasteiger partial charge >= 0.3 is 0 Å². The van der Waals surface area contributed by atoms with Gasteiger partial charge in [0.05, 0.1) is 4.92 Å².